The fraction of sp³-hybridized carbons (Fsp3) is 0.150. The van der Waals surface area contributed by atoms with Gasteiger partial charge in [-0.15, -0.1) is 0 Å². The maximum absolute atomic E-state index is 12.5. The van der Waals surface area contributed by atoms with E-state index in [0.717, 1.165) is 11.3 Å². The Hall–Kier alpha value is -2.43. The van der Waals surface area contributed by atoms with Crippen LogP contribution in [0.3, 0.4) is 0 Å². The van der Waals surface area contributed by atoms with Crippen molar-refractivity contribution in [2.75, 3.05) is 5.32 Å². The van der Waals surface area contributed by atoms with Gasteiger partial charge in [0.2, 0.25) is 5.95 Å². The van der Waals surface area contributed by atoms with E-state index in [0.29, 0.717) is 40.1 Å². The summed E-state index contributed by atoms with van der Waals surface area (Å²) in [6, 6.07) is 15.2. The molecule has 0 aliphatic heterocycles. The van der Waals surface area contributed by atoms with E-state index in [4.69, 9.17) is 23.2 Å². The van der Waals surface area contributed by atoms with Gasteiger partial charge in [0, 0.05) is 17.6 Å². The monoisotopic (exact) mass is 383 g/mol. The van der Waals surface area contributed by atoms with Gasteiger partial charge in [0.1, 0.15) is 0 Å². The number of Topliss-reactive ketones (excluding diaryl/α,β-unsaturated/α-hetero) is 1. The number of carbonyl (C=O) groups is 1. The molecule has 1 heterocycles. The quantitative estimate of drug-likeness (QED) is 0.653. The molecule has 130 valence electrons. The number of carbonyl (C=O) groups excluding carboxylic acids is 1. The molecule has 1 atom stereocenters. The number of benzene rings is 2. The van der Waals surface area contributed by atoms with Gasteiger partial charge in [-0.2, -0.15) is 0 Å². The molecule has 1 unspecified atom stereocenters. The van der Waals surface area contributed by atoms with Crippen LogP contribution in [0.1, 0.15) is 34.0 Å². The molecule has 2 aromatic carbocycles. The third kappa shape index (κ3) is 3.43. The number of hydrogen-bond donors (Lipinski definition) is 1. The fourth-order valence-corrected chi connectivity index (χ4v) is 3.63. The van der Waals surface area contributed by atoms with Gasteiger partial charge < -0.3 is 5.32 Å². The summed E-state index contributed by atoms with van der Waals surface area (Å²) in [6.07, 6.45) is 2.78. The first-order chi connectivity index (χ1) is 12.6. The summed E-state index contributed by atoms with van der Waals surface area (Å²) in [5.74, 6) is 0.628. The Bertz CT molecular complexity index is 976. The smallest absolute Gasteiger partial charge is 0.227 e. The van der Waals surface area contributed by atoms with Gasteiger partial charge in [-0.1, -0.05) is 53.5 Å². The molecule has 4 rings (SSSR count). The molecule has 0 radical (unpaired) electrons. The minimum Gasteiger partial charge on any atom is -0.323 e. The predicted octanol–water partition coefficient (Wildman–Crippen LogP) is 5.44. The number of aromatic nitrogens is 2. The number of nitrogens with zero attached hydrogens (tertiary/aromatic N) is 2. The number of anilines is 2. The van der Waals surface area contributed by atoms with Gasteiger partial charge in [0.05, 0.1) is 22.0 Å². The number of fused-ring (bicyclic) bond motifs is 1. The zero-order chi connectivity index (χ0) is 18.1. The highest BCUT2D eigenvalue weighted by Gasteiger charge is 2.28. The Balaban J connectivity index is 1.63. The topological polar surface area (TPSA) is 54.9 Å². The molecule has 1 aliphatic rings. The van der Waals surface area contributed by atoms with Crippen molar-refractivity contribution in [1.29, 1.82) is 0 Å². The Morgan fingerprint density at radius 2 is 1.85 bits per heavy atom. The van der Waals surface area contributed by atoms with E-state index < -0.39 is 0 Å². The fourth-order valence-electron chi connectivity index (χ4n) is 3.18. The average molecular weight is 384 g/mol. The summed E-state index contributed by atoms with van der Waals surface area (Å²) in [7, 11) is 0. The minimum absolute atomic E-state index is 0.0798. The Morgan fingerprint density at radius 1 is 1.04 bits per heavy atom. The molecule has 0 bridgehead atoms. The first-order valence-electron chi connectivity index (χ1n) is 8.26. The highest BCUT2D eigenvalue weighted by molar-refractivity contribution is 6.36. The lowest BCUT2D eigenvalue weighted by molar-refractivity contribution is 0.0962. The molecular weight excluding hydrogens is 369 g/mol. The van der Waals surface area contributed by atoms with Crippen LogP contribution >= 0.6 is 23.2 Å². The average Bonchev–Trinajstić information content (AvgIpc) is 2.64. The number of halogens is 2. The third-order valence-corrected chi connectivity index (χ3v) is 5.04. The Labute approximate surface area is 161 Å². The Kier molecular flexibility index (Phi) is 4.62. The number of hydrogen-bond acceptors (Lipinski definition) is 4. The van der Waals surface area contributed by atoms with E-state index in [2.05, 4.69) is 27.4 Å². The van der Waals surface area contributed by atoms with Crippen molar-refractivity contribution in [3.05, 3.63) is 81.6 Å². The van der Waals surface area contributed by atoms with Crippen LogP contribution in [0.15, 0.2) is 54.7 Å². The van der Waals surface area contributed by atoms with Crippen LogP contribution in [0.4, 0.5) is 11.6 Å². The van der Waals surface area contributed by atoms with Crippen LogP contribution in [0, 0.1) is 0 Å². The molecule has 1 aliphatic carbocycles. The van der Waals surface area contributed by atoms with Crippen molar-refractivity contribution in [2.45, 2.75) is 18.8 Å². The molecule has 0 saturated carbocycles. The zero-order valence-corrected chi connectivity index (χ0v) is 15.3. The van der Waals surface area contributed by atoms with E-state index in [-0.39, 0.29) is 11.7 Å². The van der Waals surface area contributed by atoms with Crippen LogP contribution < -0.4 is 5.32 Å². The molecule has 0 spiro atoms. The van der Waals surface area contributed by atoms with Gasteiger partial charge >= 0.3 is 0 Å². The maximum Gasteiger partial charge on any atom is 0.227 e. The predicted molar refractivity (Wildman–Crippen MR) is 104 cm³/mol. The standard InChI is InChI=1S/C20H15Cl2N3O/c21-14-6-7-17(16(22)10-14)24-20-23-11-15-18(25-20)8-13(9-19(15)26)12-4-2-1-3-5-12/h1-7,10-11,13H,8-9H2,(H,23,24,25). The second kappa shape index (κ2) is 7.06. The summed E-state index contributed by atoms with van der Waals surface area (Å²) in [6.45, 7) is 0. The van der Waals surface area contributed by atoms with Crippen molar-refractivity contribution in [3.8, 4) is 0 Å². The lowest BCUT2D eigenvalue weighted by Gasteiger charge is -2.23. The summed E-state index contributed by atoms with van der Waals surface area (Å²) in [4.78, 5) is 21.3. The van der Waals surface area contributed by atoms with Crippen LogP contribution in [0.2, 0.25) is 10.0 Å². The van der Waals surface area contributed by atoms with Gasteiger partial charge in [0.25, 0.3) is 0 Å². The van der Waals surface area contributed by atoms with Gasteiger partial charge in [-0.3, -0.25) is 4.79 Å². The first kappa shape index (κ1) is 17.0. The molecule has 0 fully saturated rings. The van der Waals surface area contributed by atoms with Crippen molar-refractivity contribution >= 4 is 40.6 Å². The normalized spacial score (nSPS) is 16.2. The number of rotatable bonds is 3. The van der Waals surface area contributed by atoms with Crippen LogP contribution in [0.5, 0.6) is 0 Å². The molecular formula is C20H15Cl2N3O. The summed E-state index contributed by atoms with van der Waals surface area (Å²) >= 11 is 12.1. The SMILES string of the molecule is O=C1CC(c2ccccc2)Cc2nc(Nc3ccc(Cl)cc3Cl)ncc21. The summed E-state index contributed by atoms with van der Waals surface area (Å²) in [5.41, 5.74) is 3.18. The van der Waals surface area contributed by atoms with Crippen molar-refractivity contribution < 1.29 is 4.79 Å². The molecule has 1 aromatic heterocycles. The molecule has 1 N–H and O–H groups in total. The second-order valence-electron chi connectivity index (χ2n) is 6.24. The molecule has 3 aromatic rings. The molecule has 6 heteroatoms. The molecule has 26 heavy (non-hydrogen) atoms. The van der Waals surface area contributed by atoms with Crippen molar-refractivity contribution in [3.63, 3.8) is 0 Å². The van der Waals surface area contributed by atoms with Gasteiger partial charge in [-0.25, -0.2) is 9.97 Å². The second-order valence-corrected chi connectivity index (χ2v) is 7.09. The minimum atomic E-state index is 0.0798. The summed E-state index contributed by atoms with van der Waals surface area (Å²) in [5, 5.41) is 4.14. The largest absolute Gasteiger partial charge is 0.323 e. The lowest BCUT2D eigenvalue weighted by atomic mass is 9.82. The van der Waals surface area contributed by atoms with Crippen molar-refractivity contribution in [1.82, 2.24) is 9.97 Å². The Morgan fingerprint density at radius 3 is 2.62 bits per heavy atom. The highest BCUT2D eigenvalue weighted by Crippen LogP contribution is 2.33. The summed E-state index contributed by atoms with van der Waals surface area (Å²) < 4.78 is 0. The van der Waals surface area contributed by atoms with E-state index in [1.54, 1.807) is 24.4 Å². The lowest BCUT2D eigenvalue weighted by Crippen LogP contribution is -2.21. The molecule has 4 nitrogen and oxygen atoms in total. The van der Waals surface area contributed by atoms with Crippen LogP contribution in [-0.4, -0.2) is 15.8 Å². The van der Waals surface area contributed by atoms with Gasteiger partial charge in [-0.05, 0) is 36.1 Å². The van der Waals surface area contributed by atoms with E-state index in [1.807, 2.05) is 18.2 Å². The molecule has 0 saturated heterocycles. The van der Waals surface area contributed by atoms with E-state index >= 15 is 0 Å². The van der Waals surface area contributed by atoms with E-state index in [9.17, 15) is 4.79 Å². The van der Waals surface area contributed by atoms with Crippen LogP contribution in [-0.2, 0) is 6.42 Å². The zero-order valence-electron chi connectivity index (χ0n) is 13.7. The van der Waals surface area contributed by atoms with Crippen molar-refractivity contribution in [2.24, 2.45) is 0 Å². The highest BCUT2D eigenvalue weighted by atomic mass is 35.5. The van der Waals surface area contributed by atoms with Crippen LogP contribution in [0.25, 0.3) is 0 Å². The number of nitrogens with one attached hydrogen (secondary N) is 1. The first-order valence-corrected chi connectivity index (χ1v) is 9.02. The van der Waals surface area contributed by atoms with Gasteiger partial charge in [0.15, 0.2) is 5.78 Å². The third-order valence-electron chi connectivity index (χ3n) is 4.49. The maximum atomic E-state index is 12.5. The number of ketones is 1. The van der Waals surface area contributed by atoms with E-state index in [1.165, 1.54) is 0 Å². The molecule has 0 amide bonds.